The summed E-state index contributed by atoms with van der Waals surface area (Å²) in [5, 5.41) is 9.60. The first kappa shape index (κ1) is 14.2. The number of aliphatic carboxylic acids is 1. The molecule has 0 spiro atoms. The molecule has 0 aliphatic heterocycles. The number of ether oxygens (including phenoxy) is 1. The van der Waals surface area contributed by atoms with Crippen LogP contribution in [0.3, 0.4) is 0 Å². The van der Waals surface area contributed by atoms with Gasteiger partial charge in [0.1, 0.15) is 5.75 Å². The first-order chi connectivity index (χ1) is 9.60. The predicted molar refractivity (Wildman–Crippen MR) is 79.2 cm³/mol. The summed E-state index contributed by atoms with van der Waals surface area (Å²) in [7, 11) is 1.58. The lowest BCUT2D eigenvalue weighted by Crippen LogP contribution is -1.95. The van der Waals surface area contributed by atoms with Crippen molar-refractivity contribution in [1.29, 1.82) is 0 Å². The minimum atomic E-state index is -1.00. The van der Waals surface area contributed by atoms with Crippen LogP contribution in [0.5, 0.6) is 5.75 Å². The minimum Gasteiger partial charge on any atom is -0.497 e. The molecule has 0 bridgehead atoms. The molecular weight excluding hydrogens is 276 g/mol. The van der Waals surface area contributed by atoms with Gasteiger partial charge in [-0.1, -0.05) is 35.9 Å². The lowest BCUT2D eigenvalue weighted by molar-refractivity contribution is -0.131. The molecule has 0 amide bonds. The lowest BCUT2D eigenvalue weighted by Gasteiger charge is -2.09. The molecule has 2 rings (SSSR count). The number of carbonyl (C=O) groups is 1. The smallest absolute Gasteiger partial charge is 0.328 e. The topological polar surface area (TPSA) is 46.5 Å². The Morgan fingerprint density at radius 3 is 2.40 bits per heavy atom. The highest BCUT2D eigenvalue weighted by Crippen LogP contribution is 2.27. The van der Waals surface area contributed by atoms with Crippen LogP contribution < -0.4 is 4.74 Å². The van der Waals surface area contributed by atoms with Gasteiger partial charge in [0.25, 0.3) is 0 Å². The van der Waals surface area contributed by atoms with Crippen molar-refractivity contribution in [3.8, 4) is 5.75 Å². The number of hydrogen-bond acceptors (Lipinski definition) is 2. The Hall–Kier alpha value is -2.26. The van der Waals surface area contributed by atoms with Crippen molar-refractivity contribution >= 4 is 23.1 Å². The van der Waals surface area contributed by atoms with E-state index in [1.54, 1.807) is 37.4 Å². The van der Waals surface area contributed by atoms with Gasteiger partial charge in [0, 0.05) is 11.1 Å². The summed E-state index contributed by atoms with van der Waals surface area (Å²) < 4.78 is 5.10. The molecule has 102 valence electrons. The molecule has 20 heavy (non-hydrogen) atoms. The molecular formula is C16H13ClO3. The maximum atomic E-state index is 11.0. The molecule has 0 aliphatic carbocycles. The molecule has 3 nitrogen and oxygen atoms in total. The minimum absolute atomic E-state index is 0.562. The fourth-order valence-corrected chi connectivity index (χ4v) is 2.07. The third kappa shape index (κ3) is 3.39. The fraction of sp³-hybridized carbons (Fsp3) is 0.0625. The highest BCUT2D eigenvalue weighted by atomic mass is 35.5. The molecule has 4 heteroatoms. The van der Waals surface area contributed by atoms with Gasteiger partial charge in [0.15, 0.2) is 0 Å². The van der Waals surface area contributed by atoms with Crippen molar-refractivity contribution in [3.63, 3.8) is 0 Å². The first-order valence-electron chi connectivity index (χ1n) is 5.95. The van der Waals surface area contributed by atoms with Crippen LogP contribution in [0.4, 0.5) is 0 Å². The molecule has 0 heterocycles. The van der Waals surface area contributed by atoms with Gasteiger partial charge < -0.3 is 9.84 Å². The highest BCUT2D eigenvalue weighted by Gasteiger charge is 2.08. The van der Waals surface area contributed by atoms with Crippen molar-refractivity contribution in [2.24, 2.45) is 0 Å². The third-order valence-corrected chi connectivity index (χ3v) is 3.04. The zero-order valence-corrected chi connectivity index (χ0v) is 11.6. The van der Waals surface area contributed by atoms with E-state index in [0.717, 1.165) is 16.9 Å². The largest absolute Gasteiger partial charge is 0.497 e. The van der Waals surface area contributed by atoms with E-state index in [2.05, 4.69) is 0 Å². The number of halogens is 1. The zero-order chi connectivity index (χ0) is 14.5. The standard InChI is InChI=1S/C16H13ClO3/c1-20-14-7-5-11(6-8-14)15(10-16(18)19)12-3-2-4-13(17)9-12/h2-10H,1H3,(H,18,19)/b15-10-. The fourth-order valence-electron chi connectivity index (χ4n) is 1.88. The number of rotatable bonds is 4. The molecule has 2 aromatic rings. The second-order valence-corrected chi connectivity index (χ2v) is 4.57. The summed E-state index contributed by atoms with van der Waals surface area (Å²) in [6, 6.07) is 14.3. The zero-order valence-electron chi connectivity index (χ0n) is 10.8. The van der Waals surface area contributed by atoms with Crippen LogP contribution >= 0.6 is 11.6 Å². The Morgan fingerprint density at radius 2 is 1.85 bits per heavy atom. The van der Waals surface area contributed by atoms with E-state index in [1.807, 2.05) is 18.2 Å². The Morgan fingerprint density at radius 1 is 1.15 bits per heavy atom. The molecule has 2 aromatic carbocycles. The number of hydrogen-bond donors (Lipinski definition) is 1. The second-order valence-electron chi connectivity index (χ2n) is 4.14. The van der Waals surface area contributed by atoms with Crippen LogP contribution in [-0.2, 0) is 4.79 Å². The predicted octanol–water partition coefficient (Wildman–Crippen LogP) is 3.86. The maximum absolute atomic E-state index is 11.0. The Balaban J connectivity index is 2.50. The summed E-state index contributed by atoms with van der Waals surface area (Å²) in [5.74, 6) is -0.287. The summed E-state index contributed by atoms with van der Waals surface area (Å²) in [4.78, 5) is 11.0. The molecule has 0 unspecified atom stereocenters. The van der Waals surface area contributed by atoms with Crippen LogP contribution in [-0.4, -0.2) is 18.2 Å². The summed E-state index contributed by atoms with van der Waals surface area (Å²) >= 11 is 5.97. The monoisotopic (exact) mass is 288 g/mol. The van der Waals surface area contributed by atoms with Gasteiger partial charge in [-0.15, -0.1) is 0 Å². The van der Waals surface area contributed by atoms with E-state index >= 15 is 0 Å². The summed E-state index contributed by atoms with van der Waals surface area (Å²) in [6.07, 6.45) is 1.17. The van der Waals surface area contributed by atoms with Crippen LogP contribution in [0.25, 0.3) is 5.57 Å². The molecule has 0 saturated heterocycles. The Labute approximate surface area is 122 Å². The first-order valence-corrected chi connectivity index (χ1v) is 6.33. The van der Waals surface area contributed by atoms with E-state index in [-0.39, 0.29) is 0 Å². The van der Waals surface area contributed by atoms with E-state index < -0.39 is 5.97 Å². The maximum Gasteiger partial charge on any atom is 0.328 e. The molecule has 0 radical (unpaired) electrons. The third-order valence-electron chi connectivity index (χ3n) is 2.80. The molecule has 0 aliphatic rings. The van der Waals surface area contributed by atoms with Gasteiger partial charge in [-0.25, -0.2) is 4.79 Å². The molecule has 0 atom stereocenters. The van der Waals surface area contributed by atoms with Crippen molar-refractivity contribution in [2.45, 2.75) is 0 Å². The summed E-state index contributed by atoms with van der Waals surface area (Å²) in [6.45, 7) is 0. The normalized spacial score (nSPS) is 11.2. The average Bonchev–Trinajstić information content (AvgIpc) is 2.45. The van der Waals surface area contributed by atoms with Gasteiger partial charge >= 0.3 is 5.97 Å². The van der Waals surface area contributed by atoms with Crippen LogP contribution in [0, 0.1) is 0 Å². The van der Waals surface area contributed by atoms with E-state index in [0.29, 0.717) is 10.6 Å². The van der Waals surface area contributed by atoms with Gasteiger partial charge in [-0.05, 0) is 41.0 Å². The van der Waals surface area contributed by atoms with E-state index in [4.69, 9.17) is 21.4 Å². The molecule has 0 aromatic heterocycles. The lowest BCUT2D eigenvalue weighted by atomic mass is 9.97. The van der Waals surface area contributed by atoms with Gasteiger partial charge in [0.2, 0.25) is 0 Å². The Kier molecular flexibility index (Phi) is 4.43. The van der Waals surface area contributed by atoms with Crippen LogP contribution in [0.15, 0.2) is 54.6 Å². The summed E-state index contributed by atoms with van der Waals surface area (Å²) in [5.41, 5.74) is 2.14. The number of methoxy groups -OCH3 is 1. The SMILES string of the molecule is COc1ccc(/C(=C/C(=O)O)c2cccc(Cl)c2)cc1. The van der Waals surface area contributed by atoms with Crippen molar-refractivity contribution < 1.29 is 14.6 Å². The van der Waals surface area contributed by atoms with Gasteiger partial charge in [-0.3, -0.25) is 0 Å². The molecule has 0 saturated carbocycles. The number of carboxylic acids is 1. The van der Waals surface area contributed by atoms with Crippen molar-refractivity contribution in [2.75, 3.05) is 7.11 Å². The van der Waals surface area contributed by atoms with Crippen molar-refractivity contribution in [1.82, 2.24) is 0 Å². The van der Waals surface area contributed by atoms with E-state index in [9.17, 15) is 4.79 Å². The quantitative estimate of drug-likeness (QED) is 0.869. The van der Waals surface area contributed by atoms with Crippen LogP contribution in [0.1, 0.15) is 11.1 Å². The number of benzene rings is 2. The van der Waals surface area contributed by atoms with Gasteiger partial charge in [0.05, 0.1) is 7.11 Å². The Bertz CT molecular complexity index is 645. The molecule has 1 N–H and O–H groups in total. The van der Waals surface area contributed by atoms with Gasteiger partial charge in [-0.2, -0.15) is 0 Å². The number of carboxylic acid groups (broad SMARTS) is 1. The van der Waals surface area contributed by atoms with E-state index in [1.165, 1.54) is 6.08 Å². The van der Waals surface area contributed by atoms with Crippen LogP contribution in [0.2, 0.25) is 5.02 Å². The van der Waals surface area contributed by atoms with Crippen molar-refractivity contribution in [3.05, 3.63) is 70.8 Å². The second kappa shape index (κ2) is 6.26. The molecule has 0 fully saturated rings. The highest BCUT2D eigenvalue weighted by molar-refractivity contribution is 6.30. The average molecular weight is 289 g/mol.